The Balaban J connectivity index is 5.66. The van der Waals surface area contributed by atoms with Gasteiger partial charge in [-0.2, -0.15) is 0 Å². The molecule has 0 radical (unpaired) electrons. The molecule has 158 valence electrons. The maximum atomic E-state index is 6.29. The Hall–Kier alpha value is 0.620. The van der Waals surface area contributed by atoms with Crippen molar-refractivity contribution in [1.29, 1.82) is 0 Å². The lowest BCUT2D eigenvalue weighted by Crippen LogP contribution is -2.52. The second-order valence-corrected chi connectivity index (χ2v) is 10.6. The predicted octanol–water partition coefficient (Wildman–Crippen LogP) is 3.91. The van der Waals surface area contributed by atoms with Crippen LogP contribution < -0.4 is 5.73 Å². The molecule has 0 heterocycles. The fourth-order valence-electron chi connectivity index (χ4n) is 3.11. The molecule has 2 N–H and O–H groups in total. The molecule has 0 aromatic rings. The van der Waals surface area contributed by atoms with E-state index in [9.17, 15) is 0 Å². The minimum absolute atomic E-state index is 0.166. The summed E-state index contributed by atoms with van der Waals surface area (Å²) in [5.74, 6) is 0. The first-order chi connectivity index (χ1) is 12.0. The maximum Gasteiger partial charge on any atom is 0.183 e. The summed E-state index contributed by atoms with van der Waals surface area (Å²) >= 11 is 0. The maximum absolute atomic E-state index is 6.29. The van der Waals surface area contributed by atoms with E-state index in [-0.39, 0.29) is 17.5 Å². The van der Waals surface area contributed by atoms with Crippen molar-refractivity contribution in [2.75, 3.05) is 28.4 Å². The van der Waals surface area contributed by atoms with E-state index in [1.807, 2.05) is 6.92 Å². The molecule has 26 heavy (non-hydrogen) atoms. The van der Waals surface area contributed by atoms with Crippen molar-refractivity contribution in [2.45, 2.75) is 88.6 Å². The van der Waals surface area contributed by atoms with Crippen molar-refractivity contribution in [3.8, 4) is 0 Å². The third-order valence-corrected chi connectivity index (χ3v) is 9.70. The first-order valence-electron chi connectivity index (χ1n) is 9.23. The van der Waals surface area contributed by atoms with Crippen molar-refractivity contribution in [3.63, 3.8) is 0 Å². The molecule has 8 heteroatoms. The average Bonchev–Trinajstić information content (AvgIpc) is 2.63. The van der Waals surface area contributed by atoms with Crippen molar-refractivity contribution in [1.82, 2.24) is 0 Å². The molecule has 0 aromatic carbocycles. The van der Waals surface area contributed by atoms with E-state index in [1.165, 1.54) is 0 Å². The smallest absolute Gasteiger partial charge is 0.183 e. The van der Waals surface area contributed by atoms with Crippen LogP contribution in [-0.2, 0) is 23.7 Å². The van der Waals surface area contributed by atoms with Crippen LogP contribution in [0.15, 0.2) is 0 Å². The normalized spacial score (nSPS) is 20.0. The third-order valence-electron chi connectivity index (χ3n) is 5.28. The molecule has 0 aliphatic heterocycles. The summed E-state index contributed by atoms with van der Waals surface area (Å²) in [7, 11) is 7.57. The van der Waals surface area contributed by atoms with E-state index in [1.54, 1.807) is 28.4 Å². The number of rotatable bonds is 14. The molecule has 0 aliphatic carbocycles. The average molecular weight is 413 g/mol. The summed E-state index contributed by atoms with van der Waals surface area (Å²) in [6, 6.07) is 0. The highest BCUT2D eigenvalue weighted by atomic mass is 31.1. The molecular weight excluding hydrogens is 372 g/mol. The van der Waals surface area contributed by atoms with E-state index in [2.05, 4.69) is 34.6 Å². The highest BCUT2D eigenvalue weighted by molar-refractivity contribution is 7.41. The Morgan fingerprint density at radius 2 is 1.08 bits per heavy atom. The van der Waals surface area contributed by atoms with Crippen molar-refractivity contribution < 1.29 is 23.7 Å². The van der Waals surface area contributed by atoms with Crippen molar-refractivity contribution >= 4 is 17.2 Å². The highest BCUT2D eigenvalue weighted by Gasteiger charge is 2.46. The van der Waals surface area contributed by atoms with Crippen molar-refractivity contribution in [3.05, 3.63) is 0 Å². The summed E-state index contributed by atoms with van der Waals surface area (Å²) in [6.45, 7) is 12.5. The van der Waals surface area contributed by atoms with Crippen LogP contribution in [0, 0.1) is 0 Å². The quantitative estimate of drug-likeness (QED) is 0.344. The molecule has 0 bridgehead atoms. The van der Waals surface area contributed by atoms with E-state index >= 15 is 0 Å². The zero-order valence-corrected chi connectivity index (χ0v) is 20.3. The molecule has 0 spiro atoms. The Bertz CT molecular complexity index is 345. The van der Waals surface area contributed by atoms with E-state index in [4.69, 9.17) is 29.4 Å². The zero-order chi connectivity index (χ0) is 20.6. The minimum Gasteiger partial charge on any atom is -0.356 e. The van der Waals surface area contributed by atoms with E-state index < -0.39 is 16.7 Å². The van der Waals surface area contributed by atoms with Crippen LogP contribution in [0.4, 0.5) is 0 Å². The van der Waals surface area contributed by atoms with Gasteiger partial charge in [0.15, 0.2) is 11.1 Å². The van der Waals surface area contributed by atoms with Crippen LogP contribution in [0.2, 0.25) is 0 Å². The number of methoxy groups -OCH3 is 4. The molecule has 0 aliphatic rings. The molecule has 5 unspecified atom stereocenters. The summed E-state index contributed by atoms with van der Waals surface area (Å²) in [5, 5.41) is 0. The van der Waals surface area contributed by atoms with E-state index in [0.717, 1.165) is 12.8 Å². The molecule has 0 aromatic heterocycles. The van der Waals surface area contributed by atoms with Gasteiger partial charge in [-0.3, -0.25) is 0 Å². The minimum atomic E-state index is -0.602. The molecule has 0 rings (SSSR count). The van der Waals surface area contributed by atoms with Gasteiger partial charge in [-0.25, -0.2) is 0 Å². The van der Waals surface area contributed by atoms with Crippen LogP contribution in [0.5, 0.6) is 0 Å². The fraction of sp³-hybridized carbons (Fsp3) is 1.00. The van der Waals surface area contributed by atoms with Gasteiger partial charge in [-0.1, -0.05) is 44.9 Å². The van der Waals surface area contributed by atoms with Gasteiger partial charge in [0.1, 0.15) is 6.23 Å². The fourth-order valence-corrected chi connectivity index (χ4v) is 6.68. The second kappa shape index (κ2) is 11.6. The first-order valence-corrected chi connectivity index (χ1v) is 11.4. The monoisotopic (exact) mass is 413 g/mol. The van der Waals surface area contributed by atoms with Crippen LogP contribution in [0.3, 0.4) is 0 Å². The van der Waals surface area contributed by atoms with Crippen LogP contribution >= 0.6 is 17.2 Å². The molecule has 5 atom stereocenters. The van der Waals surface area contributed by atoms with Gasteiger partial charge >= 0.3 is 0 Å². The summed E-state index contributed by atoms with van der Waals surface area (Å²) in [6.07, 6.45) is 1.16. The van der Waals surface area contributed by atoms with Crippen LogP contribution in [0.25, 0.3) is 0 Å². The van der Waals surface area contributed by atoms with Gasteiger partial charge in [0.05, 0.1) is 5.60 Å². The first kappa shape index (κ1) is 26.6. The summed E-state index contributed by atoms with van der Waals surface area (Å²) < 4.78 is 29.1. The molecule has 0 fully saturated rings. The lowest BCUT2D eigenvalue weighted by atomic mass is 9.98. The molecular formula is C18H41NO5P2. The van der Waals surface area contributed by atoms with Crippen molar-refractivity contribution in [2.24, 2.45) is 5.73 Å². The van der Waals surface area contributed by atoms with Crippen LogP contribution in [-0.4, -0.2) is 62.6 Å². The SMILES string of the molecule is CCC(OC)(OC)PC(C)C(C)(OC(C)N)C(C)PC(CC)(OC)OC. The molecule has 6 nitrogen and oxygen atoms in total. The standard InChI is InChI=1S/C18H41NO5P2/c1-11-17(20-7,21-8)25-13(3)16(6,24-15(5)19)14(4)26-18(12-2,22-9)23-10/h13-15,25-26H,11-12,19H2,1-10H3. The lowest BCUT2D eigenvalue weighted by Gasteiger charge is -2.47. The summed E-state index contributed by atoms with van der Waals surface area (Å²) in [4.78, 5) is 0. The topological polar surface area (TPSA) is 72.2 Å². The van der Waals surface area contributed by atoms with Crippen LogP contribution in [0.1, 0.15) is 54.4 Å². The lowest BCUT2D eigenvalue weighted by molar-refractivity contribution is -0.143. The Labute approximate surface area is 164 Å². The van der Waals surface area contributed by atoms with Gasteiger partial charge in [-0.05, 0) is 13.8 Å². The highest BCUT2D eigenvalue weighted by Crippen LogP contribution is 2.51. The van der Waals surface area contributed by atoms with Gasteiger partial charge < -0.3 is 29.4 Å². The van der Waals surface area contributed by atoms with Gasteiger partial charge in [0.2, 0.25) is 0 Å². The third kappa shape index (κ3) is 6.60. The number of hydrogen-bond acceptors (Lipinski definition) is 6. The largest absolute Gasteiger partial charge is 0.356 e. The zero-order valence-electron chi connectivity index (χ0n) is 18.3. The second-order valence-electron chi connectivity index (χ2n) is 6.77. The Morgan fingerprint density at radius 1 is 0.769 bits per heavy atom. The Kier molecular flexibility index (Phi) is 11.9. The van der Waals surface area contributed by atoms with Gasteiger partial charge in [0.25, 0.3) is 0 Å². The summed E-state index contributed by atoms with van der Waals surface area (Å²) in [5.41, 5.74) is 4.69. The van der Waals surface area contributed by atoms with E-state index in [0.29, 0.717) is 17.2 Å². The molecule has 0 amide bonds. The van der Waals surface area contributed by atoms with Gasteiger partial charge in [-0.15, -0.1) is 0 Å². The predicted molar refractivity (Wildman–Crippen MR) is 113 cm³/mol. The molecule has 0 saturated heterocycles. The Morgan fingerprint density at radius 3 is 1.27 bits per heavy atom. The molecule has 0 saturated carbocycles. The number of ether oxygens (including phenoxy) is 5. The number of nitrogens with two attached hydrogens (primary N) is 1. The van der Waals surface area contributed by atoms with Gasteiger partial charge in [0, 0.05) is 52.6 Å². The number of hydrogen-bond donors (Lipinski definition) is 1.